The number of benzene rings is 14. The first-order valence-corrected chi connectivity index (χ1v) is 39.0. The summed E-state index contributed by atoms with van der Waals surface area (Å²) >= 11 is 3.34. The van der Waals surface area contributed by atoms with Crippen LogP contribution in [0.15, 0.2) is 405 Å². The van der Waals surface area contributed by atoms with E-state index in [1.54, 1.807) is 24.3 Å². The van der Waals surface area contributed by atoms with Crippen LogP contribution in [0.3, 0.4) is 0 Å². The monoisotopic (exact) mass is 1560 g/mol. The Kier molecular flexibility index (Phi) is 33.1. The molecule has 0 aromatic heterocycles. The Morgan fingerprint density at radius 1 is 0.275 bits per heavy atom. The summed E-state index contributed by atoms with van der Waals surface area (Å²) in [6.07, 6.45) is 0. The second kappa shape index (κ2) is 43.2. The van der Waals surface area contributed by atoms with E-state index < -0.39 is 37.7 Å². The zero-order valence-electron chi connectivity index (χ0n) is 57.2. The van der Waals surface area contributed by atoms with Crippen LogP contribution in [0.1, 0.15) is 31.8 Å². The number of esters is 2. The van der Waals surface area contributed by atoms with Gasteiger partial charge < -0.3 is 9.47 Å². The number of hydrogen-bond donors (Lipinski definition) is 0. The summed E-state index contributed by atoms with van der Waals surface area (Å²) in [6.45, 7) is 10.6. The zero-order valence-corrected chi connectivity index (χ0v) is 63.9. The van der Waals surface area contributed by atoms with E-state index in [0.717, 1.165) is 15.6 Å². The predicted octanol–water partition coefficient (Wildman–Crippen LogP) is 18.7. The largest absolute Gasteiger partial charge is 0.465 e. The molecule has 0 radical (unpaired) electrons. The second-order valence-corrected chi connectivity index (χ2v) is 32.2. The third kappa shape index (κ3) is 23.7. The fourth-order valence-corrected chi connectivity index (χ4v) is 20.1. The number of nitrogens with zero attached hydrogens (tertiary/aromatic N) is 1. The minimum absolute atomic E-state index is 0. The van der Waals surface area contributed by atoms with Crippen LogP contribution in [-0.2, 0) is 29.9 Å². The van der Waals surface area contributed by atoms with Gasteiger partial charge >= 0.3 is 11.9 Å². The molecule has 0 heterocycles. The molecule has 508 valence electrons. The Bertz CT molecular complexity index is 3890. The molecule has 0 saturated heterocycles. The Morgan fingerprint density at radius 2 is 0.441 bits per heavy atom. The van der Waals surface area contributed by atoms with Crippen LogP contribution in [0.5, 0.6) is 0 Å². The van der Waals surface area contributed by atoms with Gasteiger partial charge in [0.25, 0.3) is 0 Å². The molecule has 11 heteroatoms. The molecular weight excluding hydrogens is 1480 g/mol. The molecule has 14 rings (SSSR count). The maximum absolute atomic E-state index is 11.1. The van der Waals surface area contributed by atoms with E-state index in [0.29, 0.717) is 16.8 Å². The van der Waals surface area contributed by atoms with Crippen LogP contribution < -0.4 is 63.7 Å². The first-order chi connectivity index (χ1) is 49.6. The van der Waals surface area contributed by atoms with Crippen LogP contribution in [0.4, 0.5) is 5.69 Å². The van der Waals surface area contributed by atoms with Crippen LogP contribution >= 0.6 is 47.6 Å². The number of carbonyl (C=O) groups is 2. The van der Waals surface area contributed by atoms with Crippen molar-refractivity contribution in [3.8, 4) is 0 Å². The number of rotatable bonds is 14. The molecule has 0 aliphatic rings. The smallest absolute Gasteiger partial charge is 0.337 e. The van der Waals surface area contributed by atoms with Gasteiger partial charge in [-0.2, -0.15) is 0 Å². The van der Waals surface area contributed by atoms with E-state index in [9.17, 15) is 9.59 Å². The first kappa shape index (κ1) is 78.1. The van der Waals surface area contributed by atoms with Crippen molar-refractivity contribution in [3.05, 3.63) is 439 Å². The molecule has 0 amide bonds. The van der Waals surface area contributed by atoms with Crippen LogP contribution in [0.2, 0.25) is 0 Å². The number of methoxy groups -OCH3 is 2. The summed E-state index contributed by atoms with van der Waals surface area (Å²) < 4.78 is 10.0. The molecule has 0 atom stereocenters. The normalized spacial score (nSPS) is 10.2. The SMILES string of the molecule is COC(=O)c1ccc(C)c(Br)c1.[C-]#[N+]c1cc(C(=O)OC)ccc1C.[Pd].c1ccc(P(c2ccccc2)c2ccccc2)cc1.c1ccc(P(c2ccccc2)c2ccccc2)cc1.c1ccc(P(c2ccccc2)c2ccccc2)cc1.c1ccc(P(c2ccccc2)c2ccccc2)cc1. The zero-order chi connectivity index (χ0) is 70.6. The summed E-state index contributed by atoms with van der Waals surface area (Å²) in [6, 6.07) is 140. The summed E-state index contributed by atoms with van der Waals surface area (Å²) in [5.41, 5.74) is 3.43. The topological polar surface area (TPSA) is 57.0 Å². The Balaban J connectivity index is 0.000000156. The first-order valence-electron chi connectivity index (χ1n) is 32.9. The molecule has 5 nitrogen and oxygen atoms in total. The summed E-state index contributed by atoms with van der Waals surface area (Å²) in [4.78, 5) is 25.4. The van der Waals surface area contributed by atoms with E-state index in [2.05, 4.69) is 394 Å². The molecule has 0 aliphatic heterocycles. The van der Waals surface area contributed by atoms with Gasteiger partial charge in [0, 0.05) is 30.5 Å². The minimum Gasteiger partial charge on any atom is -0.465 e. The van der Waals surface area contributed by atoms with Crippen molar-refractivity contribution in [1.29, 1.82) is 0 Å². The van der Waals surface area contributed by atoms with Gasteiger partial charge in [-0.3, -0.25) is 0 Å². The minimum atomic E-state index is -0.446. The van der Waals surface area contributed by atoms with Gasteiger partial charge in [0.05, 0.1) is 26.4 Å². The van der Waals surface area contributed by atoms with Gasteiger partial charge in [-0.15, -0.1) is 0 Å². The molecule has 14 aromatic carbocycles. The van der Waals surface area contributed by atoms with Gasteiger partial charge in [-0.1, -0.05) is 392 Å². The summed E-state index contributed by atoms with van der Waals surface area (Å²) in [7, 11) is 0.906. The third-order valence-corrected chi connectivity index (χ3v) is 26.1. The molecular formula is C91H78BrNO4P4Pd. The molecule has 0 aliphatic carbocycles. The number of halogens is 1. The quantitative estimate of drug-likeness (QED) is 0.0471. The van der Waals surface area contributed by atoms with Crippen LogP contribution in [0, 0.1) is 20.4 Å². The van der Waals surface area contributed by atoms with E-state index in [4.69, 9.17) is 6.57 Å². The van der Waals surface area contributed by atoms with Gasteiger partial charge in [0.2, 0.25) is 0 Å². The maximum atomic E-state index is 11.1. The molecule has 102 heavy (non-hydrogen) atoms. The molecule has 0 N–H and O–H groups in total. The number of carbonyl (C=O) groups excluding carboxylic acids is 2. The van der Waals surface area contributed by atoms with Gasteiger partial charge in [0.1, 0.15) is 0 Å². The average Bonchev–Trinajstić information content (AvgIpc) is 0.838. The number of aryl methyl sites for hydroxylation is 2. The Labute approximate surface area is 630 Å². The number of hydrogen-bond acceptors (Lipinski definition) is 4. The van der Waals surface area contributed by atoms with Gasteiger partial charge in [-0.05, 0) is 145 Å². The molecule has 0 saturated carbocycles. The Morgan fingerprint density at radius 3 is 0.598 bits per heavy atom. The summed E-state index contributed by atoms with van der Waals surface area (Å²) in [5.74, 6) is -0.722. The van der Waals surface area contributed by atoms with Crippen molar-refractivity contribution in [3.63, 3.8) is 0 Å². The van der Waals surface area contributed by atoms with E-state index >= 15 is 0 Å². The molecule has 14 aromatic rings. The van der Waals surface area contributed by atoms with Crippen molar-refractivity contribution in [1.82, 2.24) is 0 Å². The fourth-order valence-electron chi connectivity index (χ4n) is 10.5. The fraction of sp³-hybridized carbons (Fsp3) is 0.0440. The van der Waals surface area contributed by atoms with Crippen molar-refractivity contribution in [2.45, 2.75) is 13.8 Å². The van der Waals surface area contributed by atoms with Gasteiger partial charge in [0.15, 0.2) is 5.69 Å². The molecule has 0 spiro atoms. The summed E-state index contributed by atoms with van der Waals surface area (Å²) in [5, 5.41) is 16.8. The van der Waals surface area contributed by atoms with Crippen molar-refractivity contribution >= 4 is 129 Å². The van der Waals surface area contributed by atoms with Crippen LogP contribution in [-0.4, -0.2) is 26.2 Å². The predicted molar refractivity (Wildman–Crippen MR) is 440 cm³/mol. The molecule has 0 fully saturated rings. The third-order valence-electron chi connectivity index (χ3n) is 15.5. The van der Waals surface area contributed by atoms with E-state index in [1.807, 2.05) is 19.9 Å². The molecule has 0 bridgehead atoms. The van der Waals surface area contributed by atoms with Gasteiger partial charge in [-0.25, -0.2) is 14.4 Å². The van der Waals surface area contributed by atoms with Crippen molar-refractivity contribution < 1.29 is 39.5 Å². The van der Waals surface area contributed by atoms with Crippen molar-refractivity contribution in [2.75, 3.05) is 14.2 Å². The second-order valence-electron chi connectivity index (χ2n) is 22.4. The average molecular weight is 1560 g/mol. The number of ether oxygens (including phenoxy) is 2. The van der Waals surface area contributed by atoms with Crippen LogP contribution in [0.25, 0.3) is 4.85 Å². The molecule has 0 unspecified atom stereocenters. The maximum Gasteiger partial charge on any atom is 0.337 e. The van der Waals surface area contributed by atoms with Crippen molar-refractivity contribution in [2.24, 2.45) is 0 Å². The van der Waals surface area contributed by atoms with E-state index in [-0.39, 0.29) is 26.4 Å². The standard InChI is InChI=1S/4C18H15P.C10H9NO2.C9H9BrO2.Pd/c4*1-4-10-16(11-5-1)19(17-12-6-2-7-13-17)18-14-8-3-9-15-18;1-7-4-5-8(10(12)13-3)6-9(7)11-2;1-6-3-4-7(5-8(6)10)9(11)12-2;/h4*1-15H;4-6H,1,3H3;3-5H,1-2H3;. The van der Waals surface area contributed by atoms with E-state index in [1.165, 1.54) is 83.9 Å². The Hall–Kier alpha value is -9.63.